The van der Waals surface area contributed by atoms with Crippen LogP contribution in [0.15, 0.2) is 6.33 Å². The highest BCUT2D eigenvalue weighted by molar-refractivity contribution is 5.74. The maximum Gasteiger partial charge on any atom is 0.353 e. The van der Waals surface area contributed by atoms with Crippen molar-refractivity contribution in [1.82, 2.24) is 14.9 Å². The quantitative estimate of drug-likeness (QED) is 0.393. The normalized spacial score (nSPS) is 18.4. The van der Waals surface area contributed by atoms with Crippen LogP contribution in [0.2, 0.25) is 0 Å². The van der Waals surface area contributed by atoms with E-state index < -0.39 is 4.92 Å². The largest absolute Gasteiger partial charge is 0.466 e. The summed E-state index contributed by atoms with van der Waals surface area (Å²) in [5.41, 5.74) is -0.0965. The monoisotopic (exact) mass is 406 g/mol. The number of hydrogen-bond donors (Lipinski definition) is 1. The van der Waals surface area contributed by atoms with Gasteiger partial charge in [-0.2, -0.15) is 0 Å². The average Bonchev–Trinajstić information content (AvgIpc) is 2.74. The minimum atomic E-state index is -0.421. The molecule has 2 saturated heterocycles. The maximum atomic E-state index is 11.9. The number of anilines is 2. The van der Waals surface area contributed by atoms with Crippen molar-refractivity contribution in [3.05, 3.63) is 16.4 Å². The lowest BCUT2D eigenvalue weighted by atomic mass is 9.97. The van der Waals surface area contributed by atoms with Crippen LogP contribution in [0.1, 0.15) is 39.0 Å². The molecule has 29 heavy (non-hydrogen) atoms. The van der Waals surface area contributed by atoms with E-state index in [1.54, 1.807) is 6.92 Å². The van der Waals surface area contributed by atoms with Crippen molar-refractivity contribution >= 4 is 23.3 Å². The van der Waals surface area contributed by atoms with E-state index in [4.69, 9.17) is 4.74 Å². The van der Waals surface area contributed by atoms with E-state index in [-0.39, 0.29) is 23.4 Å². The van der Waals surface area contributed by atoms with Crippen molar-refractivity contribution in [1.29, 1.82) is 0 Å². The van der Waals surface area contributed by atoms with Crippen molar-refractivity contribution in [2.75, 3.05) is 56.1 Å². The lowest BCUT2D eigenvalue weighted by Crippen LogP contribution is -2.38. The first-order valence-corrected chi connectivity index (χ1v) is 10.5. The minimum absolute atomic E-state index is 0.0965. The zero-order valence-electron chi connectivity index (χ0n) is 17.0. The van der Waals surface area contributed by atoms with E-state index in [1.165, 1.54) is 25.6 Å². The molecule has 0 unspecified atom stereocenters. The molecule has 10 heteroatoms. The van der Waals surface area contributed by atoms with E-state index in [1.807, 2.05) is 4.90 Å². The van der Waals surface area contributed by atoms with Gasteiger partial charge in [0.2, 0.25) is 11.6 Å². The fourth-order valence-electron chi connectivity index (χ4n) is 4.00. The molecule has 0 atom stereocenters. The van der Waals surface area contributed by atoms with Crippen LogP contribution >= 0.6 is 0 Å². The standard InChI is InChI=1S/C19H30N6O4/c1-2-29-19(26)15-6-11-24(12-7-15)18-16(25(27)28)17(21-14-22-18)20-8-13-23-9-4-3-5-10-23/h14-15H,2-13H2,1H3,(H,20,21,22). The first-order chi connectivity index (χ1) is 14.1. The number of esters is 1. The van der Waals surface area contributed by atoms with Gasteiger partial charge in [-0.1, -0.05) is 6.42 Å². The second-order valence-electron chi connectivity index (χ2n) is 7.49. The fourth-order valence-corrected chi connectivity index (χ4v) is 4.00. The number of piperidine rings is 2. The SMILES string of the molecule is CCOC(=O)C1CCN(c2ncnc(NCCN3CCCCC3)c2[N+](=O)[O-])CC1. The second-order valence-corrected chi connectivity index (χ2v) is 7.49. The number of nitro groups is 1. The van der Waals surface area contributed by atoms with Gasteiger partial charge in [0, 0.05) is 26.2 Å². The lowest BCUT2D eigenvalue weighted by molar-refractivity contribution is -0.383. The second kappa shape index (κ2) is 10.3. The van der Waals surface area contributed by atoms with Crippen LogP contribution in [0.3, 0.4) is 0 Å². The summed E-state index contributed by atoms with van der Waals surface area (Å²) in [6.07, 6.45) is 6.25. The van der Waals surface area contributed by atoms with Crippen molar-refractivity contribution < 1.29 is 14.5 Å². The van der Waals surface area contributed by atoms with Gasteiger partial charge in [-0.15, -0.1) is 0 Å². The summed E-state index contributed by atoms with van der Waals surface area (Å²) in [4.78, 5) is 35.8. The molecule has 0 spiro atoms. The van der Waals surface area contributed by atoms with Gasteiger partial charge in [-0.25, -0.2) is 9.97 Å². The van der Waals surface area contributed by atoms with Crippen molar-refractivity contribution in [3.63, 3.8) is 0 Å². The van der Waals surface area contributed by atoms with Crippen LogP contribution in [-0.2, 0) is 9.53 Å². The van der Waals surface area contributed by atoms with Crippen LogP contribution < -0.4 is 10.2 Å². The Kier molecular flexibility index (Phi) is 7.56. The molecule has 0 aliphatic carbocycles. The smallest absolute Gasteiger partial charge is 0.353 e. The summed E-state index contributed by atoms with van der Waals surface area (Å²) >= 11 is 0. The molecule has 2 aliphatic heterocycles. The molecule has 3 heterocycles. The van der Waals surface area contributed by atoms with E-state index in [2.05, 4.69) is 20.2 Å². The Morgan fingerprint density at radius 1 is 1.24 bits per heavy atom. The summed E-state index contributed by atoms with van der Waals surface area (Å²) in [5, 5.41) is 14.9. The molecule has 10 nitrogen and oxygen atoms in total. The van der Waals surface area contributed by atoms with Gasteiger partial charge in [0.1, 0.15) is 6.33 Å². The number of likely N-dealkylation sites (tertiary alicyclic amines) is 1. The molecular weight excluding hydrogens is 376 g/mol. The molecule has 2 fully saturated rings. The Morgan fingerprint density at radius 3 is 2.62 bits per heavy atom. The van der Waals surface area contributed by atoms with Gasteiger partial charge < -0.3 is 19.9 Å². The third-order valence-corrected chi connectivity index (χ3v) is 5.57. The van der Waals surface area contributed by atoms with E-state index in [9.17, 15) is 14.9 Å². The molecule has 1 aromatic rings. The molecule has 0 bridgehead atoms. The molecule has 0 aromatic carbocycles. The fraction of sp³-hybridized carbons (Fsp3) is 0.737. The minimum Gasteiger partial charge on any atom is -0.466 e. The zero-order chi connectivity index (χ0) is 20.6. The van der Waals surface area contributed by atoms with Crippen LogP contribution in [0.25, 0.3) is 0 Å². The number of carbonyl (C=O) groups is 1. The van der Waals surface area contributed by atoms with Crippen molar-refractivity contribution in [2.24, 2.45) is 5.92 Å². The number of nitrogens with one attached hydrogen (secondary N) is 1. The number of carbonyl (C=O) groups excluding carboxylic acids is 1. The summed E-state index contributed by atoms with van der Waals surface area (Å²) < 4.78 is 5.09. The van der Waals surface area contributed by atoms with Crippen LogP contribution in [0, 0.1) is 16.0 Å². The van der Waals surface area contributed by atoms with Gasteiger partial charge in [0.15, 0.2) is 0 Å². The number of aromatic nitrogens is 2. The van der Waals surface area contributed by atoms with Gasteiger partial charge in [0.05, 0.1) is 17.4 Å². The van der Waals surface area contributed by atoms with Crippen LogP contribution in [0.5, 0.6) is 0 Å². The molecule has 0 saturated carbocycles. The predicted octanol–water partition coefficient (Wildman–Crippen LogP) is 2.06. The third-order valence-electron chi connectivity index (χ3n) is 5.57. The Balaban J connectivity index is 1.64. The maximum absolute atomic E-state index is 11.9. The highest BCUT2D eigenvalue weighted by atomic mass is 16.6. The van der Waals surface area contributed by atoms with Crippen molar-refractivity contribution in [2.45, 2.75) is 39.0 Å². The predicted molar refractivity (Wildman–Crippen MR) is 109 cm³/mol. The van der Waals surface area contributed by atoms with E-state index in [0.29, 0.717) is 44.9 Å². The van der Waals surface area contributed by atoms with E-state index >= 15 is 0 Å². The number of nitrogens with zero attached hydrogens (tertiary/aromatic N) is 5. The van der Waals surface area contributed by atoms with E-state index in [0.717, 1.165) is 19.6 Å². The van der Waals surface area contributed by atoms with Crippen LogP contribution in [-0.4, -0.2) is 71.6 Å². The lowest BCUT2D eigenvalue weighted by Gasteiger charge is -2.31. The topological polar surface area (TPSA) is 114 Å². The molecule has 0 amide bonds. The summed E-state index contributed by atoms with van der Waals surface area (Å²) in [5.74, 6) is 0.218. The molecule has 1 aromatic heterocycles. The molecule has 0 radical (unpaired) electrons. The van der Waals surface area contributed by atoms with Gasteiger partial charge >= 0.3 is 11.7 Å². The number of hydrogen-bond acceptors (Lipinski definition) is 9. The Hall–Kier alpha value is -2.49. The molecule has 2 aliphatic rings. The zero-order valence-corrected chi connectivity index (χ0v) is 17.0. The molecular formula is C19H30N6O4. The summed E-state index contributed by atoms with van der Waals surface area (Å²) in [7, 11) is 0. The third kappa shape index (κ3) is 5.53. The van der Waals surface area contributed by atoms with Gasteiger partial charge in [-0.3, -0.25) is 14.9 Å². The first-order valence-electron chi connectivity index (χ1n) is 10.5. The van der Waals surface area contributed by atoms with Crippen LogP contribution in [0.4, 0.5) is 17.3 Å². The molecule has 160 valence electrons. The molecule has 1 N–H and O–H groups in total. The summed E-state index contributed by atoms with van der Waals surface area (Å²) in [6, 6.07) is 0. The Labute approximate surface area is 170 Å². The molecule has 3 rings (SSSR count). The highest BCUT2D eigenvalue weighted by Crippen LogP contribution is 2.34. The van der Waals surface area contributed by atoms with Gasteiger partial charge in [0.25, 0.3) is 0 Å². The van der Waals surface area contributed by atoms with Gasteiger partial charge in [-0.05, 0) is 45.7 Å². The number of rotatable bonds is 8. The number of ether oxygens (including phenoxy) is 1. The summed E-state index contributed by atoms with van der Waals surface area (Å²) in [6.45, 7) is 6.79. The first kappa shape index (κ1) is 21.2. The average molecular weight is 406 g/mol. The van der Waals surface area contributed by atoms with Crippen molar-refractivity contribution in [3.8, 4) is 0 Å². The Morgan fingerprint density at radius 2 is 1.97 bits per heavy atom. The highest BCUT2D eigenvalue weighted by Gasteiger charge is 2.32. The Bertz CT molecular complexity index is 702.